The second-order valence-electron chi connectivity index (χ2n) is 6.71. The molecule has 0 aliphatic carbocycles. The van der Waals surface area contributed by atoms with Crippen LogP contribution in [0.1, 0.15) is 36.8 Å². The van der Waals surface area contributed by atoms with Gasteiger partial charge >= 0.3 is 6.01 Å². The van der Waals surface area contributed by atoms with E-state index in [0.29, 0.717) is 38.1 Å². The van der Waals surface area contributed by atoms with E-state index >= 15 is 0 Å². The molecule has 0 bridgehead atoms. The van der Waals surface area contributed by atoms with Crippen molar-refractivity contribution in [2.24, 2.45) is 0 Å². The Labute approximate surface area is 148 Å². The molecule has 3 rings (SSSR count). The largest absolute Gasteiger partial charge is 0.408 e. The number of hydrogen-bond acceptors (Lipinski definition) is 6. The normalized spacial score (nSPS) is 16.6. The molecular weight excluding hydrogens is 340 g/mol. The van der Waals surface area contributed by atoms with Crippen molar-refractivity contribution >= 4 is 16.0 Å². The maximum atomic E-state index is 12.7. The van der Waals surface area contributed by atoms with Crippen molar-refractivity contribution in [3.05, 3.63) is 41.3 Å². The molecule has 2 heterocycles. The number of hydrogen-bond donors (Lipinski definition) is 0. The van der Waals surface area contributed by atoms with Crippen LogP contribution in [0.3, 0.4) is 0 Å². The molecule has 0 radical (unpaired) electrons. The van der Waals surface area contributed by atoms with Crippen molar-refractivity contribution in [3.63, 3.8) is 0 Å². The summed E-state index contributed by atoms with van der Waals surface area (Å²) in [6, 6.07) is 8.09. The highest BCUT2D eigenvalue weighted by Gasteiger charge is 2.29. The van der Waals surface area contributed by atoms with Crippen molar-refractivity contribution in [2.45, 2.75) is 32.4 Å². The molecule has 1 saturated heterocycles. The van der Waals surface area contributed by atoms with Gasteiger partial charge in [0.25, 0.3) is 0 Å². The van der Waals surface area contributed by atoms with Gasteiger partial charge in [-0.2, -0.15) is 4.31 Å². The van der Waals surface area contributed by atoms with Gasteiger partial charge in [0.05, 0.1) is 5.75 Å². The molecule has 136 valence electrons. The Morgan fingerprint density at radius 2 is 1.88 bits per heavy atom. The molecular formula is C17H24N4O3S. The number of nitrogens with zero attached hydrogens (tertiary/aromatic N) is 4. The van der Waals surface area contributed by atoms with Crippen molar-refractivity contribution in [1.29, 1.82) is 0 Å². The number of aryl methyl sites for hydroxylation is 1. The highest BCUT2D eigenvalue weighted by molar-refractivity contribution is 7.88. The second-order valence-corrected chi connectivity index (χ2v) is 8.68. The molecule has 25 heavy (non-hydrogen) atoms. The highest BCUT2D eigenvalue weighted by Crippen LogP contribution is 2.21. The van der Waals surface area contributed by atoms with E-state index in [1.807, 2.05) is 49.9 Å². The summed E-state index contributed by atoms with van der Waals surface area (Å²) in [6.07, 6.45) is 0. The molecule has 1 aliphatic rings. The van der Waals surface area contributed by atoms with Gasteiger partial charge in [-0.1, -0.05) is 48.8 Å². The Morgan fingerprint density at radius 1 is 1.16 bits per heavy atom. The summed E-state index contributed by atoms with van der Waals surface area (Å²) >= 11 is 0. The van der Waals surface area contributed by atoms with E-state index in [-0.39, 0.29) is 11.7 Å². The first-order chi connectivity index (χ1) is 11.8. The Kier molecular flexibility index (Phi) is 5.10. The quantitative estimate of drug-likeness (QED) is 0.809. The van der Waals surface area contributed by atoms with E-state index < -0.39 is 10.0 Å². The van der Waals surface area contributed by atoms with Crippen LogP contribution in [-0.2, 0) is 15.8 Å². The fourth-order valence-electron chi connectivity index (χ4n) is 2.85. The molecule has 1 fully saturated rings. The summed E-state index contributed by atoms with van der Waals surface area (Å²) in [5, 5.41) is 8.10. The molecule has 0 unspecified atom stereocenters. The molecule has 7 nitrogen and oxygen atoms in total. The van der Waals surface area contributed by atoms with Crippen LogP contribution in [0, 0.1) is 6.92 Å². The number of aromatic nitrogens is 2. The summed E-state index contributed by atoms with van der Waals surface area (Å²) in [6.45, 7) is 7.89. The summed E-state index contributed by atoms with van der Waals surface area (Å²) in [5.74, 6) is 0.814. The summed E-state index contributed by atoms with van der Waals surface area (Å²) in [5.41, 5.74) is 1.88. The minimum absolute atomic E-state index is 0.0345. The van der Waals surface area contributed by atoms with Crippen LogP contribution in [0.25, 0.3) is 0 Å². The fourth-order valence-corrected chi connectivity index (χ4v) is 4.35. The van der Waals surface area contributed by atoms with Gasteiger partial charge in [0, 0.05) is 32.1 Å². The lowest BCUT2D eigenvalue weighted by molar-refractivity contribution is 0.367. The number of piperazine rings is 1. The lowest BCUT2D eigenvalue weighted by atomic mass is 10.2. The third-order valence-corrected chi connectivity index (χ3v) is 6.11. The third-order valence-electron chi connectivity index (χ3n) is 4.26. The topological polar surface area (TPSA) is 79.5 Å². The van der Waals surface area contributed by atoms with Gasteiger partial charge in [-0.05, 0) is 12.5 Å². The summed E-state index contributed by atoms with van der Waals surface area (Å²) in [4.78, 5) is 1.94. The predicted octanol–water partition coefficient (Wildman–Crippen LogP) is 2.15. The number of benzene rings is 1. The van der Waals surface area contributed by atoms with Crippen LogP contribution in [0.4, 0.5) is 6.01 Å². The lowest BCUT2D eigenvalue weighted by Crippen LogP contribution is -2.49. The molecule has 8 heteroatoms. The molecule has 0 N–H and O–H groups in total. The maximum absolute atomic E-state index is 12.7. The molecule has 0 atom stereocenters. The predicted molar refractivity (Wildman–Crippen MR) is 96.0 cm³/mol. The van der Waals surface area contributed by atoms with E-state index in [1.54, 1.807) is 4.31 Å². The average Bonchev–Trinajstić information content (AvgIpc) is 3.05. The molecule has 1 aromatic heterocycles. The van der Waals surface area contributed by atoms with E-state index in [1.165, 1.54) is 0 Å². The Bertz CT molecular complexity index is 824. The lowest BCUT2D eigenvalue weighted by Gasteiger charge is -2.32. The van der Waals surface area contributed by atoms with E-state index in [4.69, 9.17) is 4.42 Å². The van der Waals surface area contributed by atoms with Gasteiger partial charge in [0.1, 0.15) is 0 Å². The zero-order chi connectivity index (χ0) is 18.0. The molecule has 1 aromatic carbocycles. The monoisotopic (exact) mass is 364 g/mol. The first-order valence-electron chi connectivity index (χ1n) is 8.47. The van der Waals surface area contributed by atoms with Gasteiger partial charge in [-0.15, -0.1) is 5.10 Å². The molecule has 0 saturated carbocycles. The van der Waals surface area contributed by atoms with Crippen LogP contribution in [0.15, 0.2) is 28.7 Å². The van der Waals surface area contributed by atoms with Crippen molar-refractivity contribution in [2.75, 3.05) is 31.1 Å². The highest BCUT2D eigenvalue weighted by atomic mass is 32.2. The number of anilines is 1. The second kappa shape index (κ2) is 7.13. The van der Waals surface area contributed by atoms with Gasteiger partial charge in [0.2, 0.25) is 15.9 Å². The first kappa shape index (κ1) is 17.9. The molecule has 2 aromatic rings. The van der Waals surface area contributed by atoms with Gasteiger partial charge in [0.15, 0.2) is 0 Å². The fraction of sp³-hybridized carbons (Fsp3) is 0.529. The van der Waals surface area contributed by atoms with E-state index in [0.717, 1.165) is 11.1 Å². The SMILES string of the molecule is Cc1cccc(CS(=O)(=O)N2CCN(c3nnc(C(C)C)o3)CC2)c1. The zero-order valence-electron chi connectivity index (χ0n) is 14.8. The van der Waals surface area contributed by atoms with Crippen LogP contribution < -0.4 is 4.90 Å². The molecule has 0 spiro atoms. The minimum atomic E-state index is -3.33. The van der Waals surface area contributed by atoms with Crippen molar-refractivity contribution < 1.29 is 12.8 Å². The van der Waals surface area contributed by atoms with Crippen LogP contribution in [0.5, 0.6) is 0 Å². The van der Waals surface area contributed by atoms with Crippen LogP contribution >= 0.6 is 0 Å². The van der Waals surface area contributed by atoms with Crippen molar-refractivity contribution in [1.82, 2.24) is 14.5 Å². The third kappa shape index (κ3) is 4.19. The number of rotatable bonds is 5. The van der Waals surface area contributed by atoms with Crippen LogP contribution in [-0.4, -0.2) is 49.1 Å². The number of sulfonamides is 1. The first-order valence-corrected chi connectivity index (χ1v) is 10.1. The maximum Gasteiger partial charge on any atom is 0.318 e. The summed E-state index contributed by atoms with van der Waals surface area (Å²) < 4.78 is 32.5. The average molecular weight is 364 g/mol. The van der Waals surface area contributed by atoms with Gasteiger partial charge in [-0.3, -0.25) is 0 Å². The van der Waals surface area contributed by atoms with Crippen molar-refractivity contribution in [3.8, 4) is 0 Å². The van der Waals surface area contributed by atoms with E-state index in [2.05, 4.69) is 10.2 Å². The Hall–Kier alpha value is -1.93. The smallest absolute Gasteiger partial charge is 0.318 e. The Balaban J connectivity index is 1.62. The van der Waals surface area contributed by atoms with Crippen LogP contribution in [0.2, 0.25) is 0 Å². The zero-order valence-corrected chi connectivity index (χ0v) is 15.7. The standard InChI is InChI=1S/C17H24N4O3S/c1-13(2)16-18-19-17(24-16)20-7-9-21(10-8-20)25(22,23)12-15-6-4-5-14(3)11-15/h4-6,11,13H,7-10,12H2,1-3H3. The van der Waals surface area contributed by atoms with E-state index in [9.17, 15) is 8.42 Å². The minimum Gasteiger partial charge on any atom is -0.408 e. The molecule has 0 amide bonds. The summed E-state index contributed by atoms with van der Waals surface area (Å²) in [7, 11) is -3.33. The van der Waals surface area contributed by atoms with Gasteiger partial charge in [-0.25, -0.2) is 8.42 Å². The molecule has 1 aliphatic heterocycles. The van der Waals surface area contributed by atoms with Gasteiger partial charge < -0.3 is 9.32 Å². The Morgan fingerprint density at radius 3 is 2.48 bits per heavy atom.